The molecule has 0 fully saturated rings. The number of aryl methyl sites for hydroxylation is 1. The first-order valence-electron chi connectivity index (χ1n) is 9.27. The predicted molar refractivity (Wildman–Crippen MR) is 107 cm³/mol. The van der Waals surface area contributed by atoms with Crippen molar-refractivity contribution in [3.63, 3.8) is 0 Å². The first kappa shape index (κ1) is 20.3. The van der Waals surface area contributed by atoms with E-state index in [2.05, 4.69) is 20.5 Å². The highest BCUT2D eigenvalue weighted by atomic mass is 19.4. The van der Waals surface area contributed by atoms with Crippen LogP contribution in [0.2, 0.25) is 0 Å². The van der Waals surface area contributed by atoms with E-state index in [4.69, 9.17) is 0 Å². The van der Waals surface area contributed by atoms with Crippen molar-refractivity contribution >= 4 is 11.7 Å². The summed E-state index contributed by atoms with van der Waals surface area (Å²) < 4.78 is 43.0. The van der Waals surface area contributed by atoms with Crippen molar-refractivity contribution in [2.75, 3.05) is 5.32 Å². The summed E-state index contributed by atoms with van der Waals surface area (Å²) in [6.07, 6.45) is -1.54. The van der Waals surface area contributed by atoms with Crippen LogP contribution in [0.5, 0.6) is 0 Å². The summed E-state index contributed by atoms with van der Waals surface area (Å²) in [5.41, 5.74) is 0.738. The van der Waals surface area contributed by atoms with Crippen LogP contribution in [-0.4, -0.2) is 30.5 Å². The van der Waals surface area contributed by atoms with Crippen molar-refractivity contribution in [2.45, 2.75) is 19.6 Å². The van der Waals surface area contributed by atoms with Gasteiger partial charge in [0.2, 0.25) is 0 Å². The molecule has 0 spiro atoms. The maximum atomic E-state index is 13.4. The van der Waals surface area contributed by atoms with Crippen molar-refractivity contribution < 1.29 is 18.0 Å². The van der Waals surface area contributed by atoms with Gasteiger partial charge in [-0.05, 0) is 36.8 Å². The van der Waals surface area contributed by atoms with Gasteiger partial charge < -0.3 is 5.32 Å². The summed E-state index contributed by atoms with van der Waals surface area (Å²) in [6, 6.07) is 13.4. The van der Waals surface area contributed by atoms with Crippen LogP contribution < -0.4 is 5.32 Å². The van der Waals surface area contributed by atoms with E-state index in [1.165, 1.54) is 30.6 Å². The molecule has 0 atom stereocenters. The van der Waals surface area contributed by atoms with Crippen LogP contribution in [0.15, 0.2) is 67.3 Å². The Balaban J connectivity index is 1.58. The summed E-state index contributed by atoms with van der Waals surface area (Å²) in [5, 5.41) is 10.8. The molecule has 2 heterocycles. The molecule has 2 aromatic carbocycles. The maximum Gasteiger partial charge on any atom is 0.418 e. The largest absolute Gasteiger partial charge is 0.418 e. The smallest absolute Gasteiger partial charge is 0.306 e. The Hall–Kier alpha value is -3.95. The molecule has 0 bridgehead atoms. The van der Waals surface area contributed by atoms with Crippen LogP contribution in [0.1, 0.15) is 27.2 Å². The Labute approximate surface area is 175 Å². The predicted octanol–water partition coefficient (Wildman–Crippen LogP) is 4.09. The second kappa shape index (κ2) is 8.05. The Bertz CT molecular complexity index is 1200. The van der Waals surface area contributed by atoms with E-state index < -0.39 is 17.6 Å². The molecular weight excluding hydrogens is 409 g/mol. The van der Waals surface area contributed by atoms with Crippen LogP contribution in [0, 0.1) is 6.92 Å². The highest BCUT2D eigenvalue weighted by Crippen LogP contribution is 2.34. The molecule has 1 N–H and O–H groups in total. The van der Waals surface area contributed by atoms with E-state index in [-0.39, 0.29) is 11.5 Å². The van der Waals surface area contributed by atoms with Gasteiger partial charge in [-0.3, -0.25) is 4.79 Å². The van der Waals surface area contributed by atoms with Gasteiger partial charge in [0.25, 0.3) is 5.91 Å². The molecule has 10 heteroatoms. The fraction of sp³-hybridized carbons (Fsp3) is 0.143. The fourth-order valence-corrected chi connectivity index (χ4v) is 3.12. The molecule has 2 aromatic heterocycles. The normalized spacial score (nSPS) is 11.5. The topological polar surface area (TPSA) is 77.6 Å². The average molecular weight is 426 g/mol. The van der Waals surface area contributed by atoms with Gasteiger partial charge in [0.15, 0.2) is 0 Å². The Morgan fingerprint density at radius 3 is 2.52 bits per heavy atom. The number of aromatic nitrogens is 5. The zero-order chi connectivity index (χ0) is 22.0. The van der Waals surface area contributed by atoms with Crippen LogP contribution in [-0.2, 0) is 12.7 Å². The van der Waals surface area contributed by atoms with Gasteiger partial charge in [-0.15, -0.1) is 0 Å². The van der Waals surface area contributed by atoms with E-state index in [1.807, 2.05) is 0 Å². The number of nitrogens with zero attached hydrogens (tertiary/aromatic N) is 5. The monoisotopic (exact) mass is 426 g/mol. The van der Waals surface area contributed by atoms with Crippen molar-refractivity contribution in [3.05, 3.63) is 89.6 Å². The number of hydrogen-bond donors (Lipinski definition) is 1. The number of alkyl halides is 3. The van der Waals surface area contributed by atoms with Gasteiger partial charge in [-0.1, -0.05) is 24.3 Å². The lowest BCUT2D eigenvalue weighted by Gasteiger charge is -2.15. The van der Waals surface area contributed by atoms with Crippen molar-refractivity contribution in [1.29, 1.82) is 0 Å². The highest BCUT2D eigenvalue weighted by Gasteiger charge is 2.34. The highest BCUT2D eigenvalue weighted by molar-refractivity contribution is 6.04. The number of rotatable bonds is 5. The summed E-state index contributed by atoms with van der Waals surface area (Å²) >= 11 is 0. The van der Waals surface area contributed by atoms with E-state index in [0.29, 0.717) is 17.8 Å². The number of halogens is 3. The lowest BCUT2D eigenvalue weighted by atomic mass is 10.1. The van der Waals surface area contributed by atoms with E-state index in [9.17, 15) is 18.0 Å². The molecule has 0 aliphatic heterocycles. The third-order valence-electron chi connectivity index (χ3n) is 4.54. The first-order chi connectivity index (χ1) is 14.8. The van der Waals surface area contributed by atoms with Gasteiger partial charge in [-0.25, -0.2) is 14.3 Å². The Morgan fingerprint density at radius 2 is 1.84 bits per heavy atom. The molecule has 31 heavy (non-hydrogen) atoms. The number of nitrogens with one attached hydrogen (secondary N) is 1. The molecule has 1 amide bonds. The van der Waals surface area contributed by atoms with Crippen molar-refractivity contribution in [1.82, 2.24) is 24.5 Å². The molecule has 4 rings (SSSR count). The minimum Gasteiger partial charge on any atom is -0.306 e. The zero-order valence-electron chi connectivity index (χ0n) is 16.3. The molecule has 4 aromatic rings. The summed E-state index contributed by atoms with van der Waals surface area (Å²) in [4.78, 5) is 16.6. The summed E-state index contributed by atoms with van der Waals surface area (Å²) in [5.74, 6) is -0.316. The van der Waals surface area contributed by atoms with E-state index in [1.54, 1.807) is 42.2 Å². The van der Waals surface area contributed by atoms with Gasteiger partial charge >= 0.3 is 6.18 Å². The minimum absolute atomic E-state index is 0.144. The van der Waals surface area contributed by atoms with Crippen LogP contribution in [0.4, 0.5) is 19.0 Å². The second-order valence-electron chi connectivity index (χ2n) is 6.84. The molecule has 158 valence electrons. The number of carbonyl (C=O) groups is 1. The third-order valence-corrected chi connectivity index (χ3v) is 4.54. The number of para-hydroxylation sites is 1. The fourth-order valence-electron chi connectivity index (χ4n) is 3.12. The van der Waals surface area contributed by atoms with Gasteiger partial charge in [-0.2, -0.15) is 23.4 Å². The molecule has 0 unspecified atom stereocenters. The summed E-state index contributed by atoms with van der Waals surface area (Å²) in [7, 11) is 0. The number of amides is 1. The molecule has 0 saturated heterocycles. The molecular formula is C21H17F3N6O. The number of hydrogen-bond acceptors (Lipinski definition) is 4. The molecule has 0 aliphatic carbocycles. The van der Waals surface area contributed by atoms with Gasteiger partial charge in [0.1, 0.15) is 18.5 Å². The number of benzene rings is 2. The van der Waals surface area contributed by atoms with Crippen molar-refractivity contribution in [3.8, 4) is 5.69 Å². The molecule has 7 nitrogen and oxygen atoms in total. The Kier molecular flexibility index (Phi) is 5.28. The number of carbonyl (C=O) groups excluding carboxylic acids is 1. The van der Waals surface area contributed by atoms with Gasteiger partial charge in [0, 0.05) is 11.6 Å². The van der Waals surface area contributed by atoms with Crippen LogP contribution >= 0.6 is 0 Å². The van der Waals surface area contributed by atoms with Crippen LogP contribution in [0.25, 0.3) is 5.69 Å². The quantitative estimate of drug-likeness (QED) is 0.522. The second-order valence-corrected chi connectivity index (χ2v) is 6.84. The SMILES string of the molecule is Cc1cc(NC(=O)c2ccc(Cn3cncn3)cc2)n(-c2ccccc2C(F)(F)F)n1. The summed E-state index contributed by atoms with van der Waals surface area (Å²) in [6.45, 7) is 2.14. The lowest BCUT2D eigenvalue weighted by molar-refractivity contribution is -0.137. The van der Waals surface area contributed by atoms with Crippen LogP contribution in [0.3, 0.4) is 0 Å². The van der Waals surface area contributed by atoms with Gasteiger partial charge in [0.05, 0.1) is 23.5 Å². The van der Waals surface area contributed by atoms with Crippen molar-refractivity contribution in [2.24, 2.45) is 0 Å². The van der Waals surface area contributed by atoms with E-state index >= 15 is 0 Å². The minimum atomic E-state index is -4.56. The Morgan fingerprint density at radius 1 is 1.10 bits per heavy atom. The number of anilines is 1. The molecule has 0 saturated carbocycles. The standard InChI is InChI=1S/C21H17F3N6O/c1-14-10-19(30(28-14)18-5-3-2-4-17(18)21(22,23)24)27-20(31)16-8-6-15(7-9-16)11-29-13-25-12-26-29/h2-10,12-13H,11H2,1H3,(H,27,31). The average Bonchev–Trinajstić information content (AvgIpc) is 3.37. The maximum absolute atomic E-state index is 13.4. The molecule has 0 aliphatic rings. The van der Waals surface area contributed by atoms with E-state index in [0.717, 1.165) is 16.3 Å². The third kappa shape index (κ3) is 4.47. The first-order valence-corrected chi connectivity index (χ1v) is 9.27. The molecule has 0 radical (unpaired) electrons. The lowest BCUT2D eigenvalue weighted by Crippen LogP contribution is -2.17. The zero-order valence-corrected chi connectivity index (χ0v) is 16.3.